The number of methoxy groups -OCH3 is 1. The molecule has 0 aliphatic heterocycles. The molecular formula is C16H21N3O2. The summed E-state index contributed by atoms with van der Waals surface area (Å²) in [5, 5.41) is 4.57. The number of hydrogen-bond donors (Lipinski definition) is 1. The van der Waals surface area contributed by atoms with Crippen molar-refractivity contribution < 1.29 is 9.53 Å². The van der Waals surface area contributed by atoms with Gasteiger partial charge < -0.3 is 10.5 Å². The van der Waals surface area contributed by atoms with Crippen molar-refractivity contribution >= 4 is 5.97 Å². The van der Waals surface area contributed by atoms with Crippen LogP contribution in [0.5, 0.6) is 0 Å². The maximum absolute atomic E-state index is 11.4. The van der Waals surface area contributed by atoms with Crippen LogP contribution in [-0.2, 0) is 17.7 Å². The van der Waals surface area contributed by atoms with Crippen LogP contribution in [0.4, 0.5) is 0 Å². The van der Waals surface area contributed by atoms with Gasteiger partial charge >= 0.3 is 5.97 Å². The lowest BCUT2D eigenvalue weighted by atomic mass is 10.1. The van der Waals surface area contributed by atoms with Gasteiger partial charge in [0.25, 0.3) is 0 Å². The van der Waals surface area contributed by atoms with E-state index in [2.05, 4.69) is 12.0 Å². The van der Waals surface area contributed by atoms with E-state index in [0.29, 0.717) is 18.7 Å². The molecule has 0 fully saturated rings. The standard InChI is InChI=1S/C16H21N3O2/c1-11-15(8-9-17)12(2)19(18-11)10-13-4-6-14(7-5-13)16(20)21-3/h4-7H,8-10,17H2,1-3H3. The summed E-state index contributed by atoms with van der Waals surface area (Å²) in [7, 11) is 1.38. The van der Waals surface area contributed by atoms with Crippen LogP contribution >= 0.6 is 0 Å². The van der Waals surface area contributed by atoms with E-state index in [-0.39, 0.29) is 5.97 Å². The van der Waals surface area contributed by atoms with Gasteiger partial charge in [-0.3, -0.25) is 4.68 Å². The highest BCUT2D eigenvalue weighted by Crippen LogP contribution is 2.15. The average molecular weight is 287 g/mol. The number of benzene rings is 1. The second-order valence-electron chi connectivity index (χ2n) is 5.03. The Morgan fingerprint density at radius 3 is 2.52 bits per heavy atom. The van der Waals surface area contributed by atoms with Gasteiger partial charge in [0.1, 0.15) is 0 Å². The number of nitrogens with two attached hydrogens (primary N) is 1. The van der Waals surface area contributed by atoms with Gasteiger partial charge in [-0.05, 0) is 50.1 Å². The van der Waals surface area contributed by atoms with Gasteiger partial charge in [-0.25, -0.2) is 4.79 Å². The first kappa shape index (κ1) is 15.3. The lowest BCUT2D eigenvalue weighted by molar-refractivity contribution is 0.0600. The molecule has 0 radical (unpaired) electrons. The molecule has 1 aromatic carbocycles. The smallest absolute Gasteiger partial charge is 0.337 e. The number of rotatable bonds is 5. The van der Waals surface area contributed by atoms with Crippen molar-refractivity contribution in [3.63, 3.8) is 0 Å². The number of hydrogen-bond acceptors (Lipinski definition) is 4. The number of carbonyl (C=O) groups is 1. The van der Waals surface area contributed by atoms with Gasteiger partial charge in [0.15, 0.2) is 0 Å². The van der Waals surface area contributed by atoms with Crippen LogP contribution in [0.3, 0.4) is 0 Å². The van der Waals surface area contributed by atoms with Crippen molar-refractivity contribution in [2.45, 2.75) is 26.8 Å². The molecule has 0 saturated heterocycles. The van der Waals surface area contributed by atoms with Crippen molar-refractivity contribution in [2.75, 3.05) is 13.7 Å². The zero-order valence-corrected chi connectivity index (χ0v) is 12.7. The second-order valence-corrected chi connectivity index (χ2v) is 5.03. The fraction of sp³-hybridized carbons (Fsp3) is 0.375. The molecule has 0 amide bonds. The lowest BCUT2D eigenvalue weighted by Crippen LogP contribution is -2.07. The molecule has 0 saturated carbocycles. The van der Waals surface area contributed by atoms with E-state index in [1.807, 2.05) is 23.7 Å². The second kappa shape index (κ2) is 6.54. The van der Waals surface area contributed by atoms with Crippen molar-refractivity contribution in [3.8, 4) is 0 Å². The summed E-state index contributed by atoms with van der Waals surface area (Å²) in [6, 6.07) is 7.39. The van der Waals surface area contributed by atoms with E-state index in [1.165, 1.54) is 12.7 Å². The van der Waals surface area contributed by atoms with E-state index < -0.39 is 0 Å². The number of ether oxygens (including phenoxy) is 1. The first-order chi connectivity index (χ1) is 10.1. The Hall–Kier alpha value is -2.14. The summed E-state index contributed by atoms with van der Waals surface area (Å²) >= 11 is 0. The molecule has 0 spiro atoms. The molecule has 0 unspecified atom stereocenters. The zero-order valence-electron chi connectivity index (χ0n) is 12.7. The first-order valence-corrected chi connectivity index (χ1v) is 6.97. The Labute approximate surface area is 124 Å². The zero-order chi connectivity index (χ0) is 15.4. The molecule has 21 heavy (non-hydrogen) atoms. The molecule has 0 aliphatic carbocycles. The number of aromatic nitrogens is 2. The Bertz CT molecular complexity index is 630. The quantitative estimate of drug-likeness (QED) is 0.852. The molecular weight excluding hydrogens is 266 g/mol. The Balaban J connectivity index is 2.18. The molecule has 5 nitrogen and oxygen atoms in total. The van der Waals surface area contributed by atoms with Gasteiger partial charge in [0, 0.05) is 5.69 Å². The Kier molecular flexibility index (Phi) is 4.75. The lowest BCUT2D eigenvalue weighted by Gasteiger charge is -2.06. The van der Waals surface area contributed by atoms with Crippen LogP contribution < -0.4 is 5.73 Å². The average Bonchev–Trinajstić information content (AvgIpc) is 2.75. The molecule has 2 rings (SSSR count). The monoisotopic (exact) mass is 287 g/mol. The summed E-state index contributed by atoms with van der Waals surface area (Å²) in [6.45, 7) is 5.38. The van der Waals surface area contributed by atoms with Crippen LogP contribution in [0.25, 0.3) is 0 Å². The molecule has 2 N–H and O–H groups in total. The number of carbonyl (C=O) groups excluding carboxylic acids is 1. The van der Waals surface area contributed by atoms with Gasteiger partial charge in [0.2, 0.25) is 0 Å². The highest BCUT2D eigenvalue weighted by molar-refractivity contribution is 5.89. The van der Waals surface area contributed by atoms with E-state index >= 15 is 0 Å². The van der Waals surface area contributed by atoms with Crippen LogP contribution in [-0.4, -0.2) is 29.4 Å². The molecule has 2 aromatic rings. The molecule has 1 heterocycles. The van der Waals surface area contributed by atoms with E-state index in [9.17, 15) is 4.79 Å². The Morgan fingerprint density at radius 2 is 1.95 bits per heavy atom. The molecule has 0 aliphatic rings. The van der Waals surface area contributed by atoms with Crippen molar-refractivity contribution in [2.24, 2.45) is 5.73 Å². The maximum Gasteiger partial charge on any atom is 0.337 e. The highest BCUT2D eigenvalue weighted by atomic mass is 16.5. The summed E-state index contributed by atoms with van der Waals surface area (Å²) in [6.07, 6.45) is 0.846. The van der Waals surface area contributed by atoms with Crippen LogP contribution in [0.1, 0.15) is 32.9 Å². The summed E-state index contributed by atoms with van der Waals surface area (Å²) < 4.78 is 6.67. The van der Waals surface area contributed by atoms with Gasteiger partial charge in [0.05, 0.1) is 24.9 Å². The largest absolute Gasteiger partial charge is 0.465 e. The van der Waals surface area contributed by atoms with Gasteiger partial charge in [-0.2, -0.15) is 5.10 Å². The highest BCUT2D eigenvalue weighted by Gasteiger charge is 2.11. The molecule has 0 atom stereocenters. The third-order valence-electron chi connectivity index (χ3n) is 3.63. The number of aryl methyl sites for hydroxylation is 1. The number of esters is 1. The van der Waals surface area contributed by atoms with Gasteiger partial charge in [-0.15, -0.1) is 0 Å². The van der Waals surface area contributed by atoms with E-state index in [4.69, 9.17) is 10.5 Å². The third-order valence-corrected chi connectivity index (χ3v) is 3.63. The van der Waals surface area contributed by atoms with Crippen LogP contribution in [0.15, 0.2) is 24.3 Å². The first-order valence-electron chi connectivity index (χ1n) is 6.97. The van der Waals surface area contributed by atoms with Crippen molar-refractivity contribution in [3.05, 3.63) is 52.3 Å². The molecule has 1 aromatic heterocycles. The molecule has 112 valence electrons. The summed E-state index contributed by atoms with van der Waals surface area (Å²) in [4.78, 5) is 11.4. The number of nitrogens with zero attached hydrogens (tertiary/aromatic N) is 2. The normalized spacial score (nSPS) is 10.7. The van der Waals surface area contributed by atoms with Crippen LogP contribution in [0, 0.1) is 13.8 Å². The Morgan fingerprint density at radius 1 is 1.29 bits per heavy atom. The molecule has 0 bridgehead atoms. The van der Waals surface area contributed by atoms with Crippen molar-refractivity contribution in [1.82, 2.24) is 9.78 Å². The fourth-order valence-electron chi connectivity index (χ4n) is 2.43. The topological polar surface area (TPSA) is 70.1 Å². The summed E-state index contributed by atoms with van der Waals surface area (Å²) in [5.74, 6) is -0.321. The van der Waals surface area contributed by atoms with Crippen molar-refractivity contribution in [1.29, 1.82) is 0 Å². The maximum atomic E-state index is 11.4. The van der Waals surface area contributed by atoms with Gasteiger partial charge in [-0.1, -0.05) is 12.1 Å². The minimum Gasteiger partial charge on any atom is -0.465 e. The predicted molar refractivity (Wildman–Crippen MR) is 81.3 cm³/mol. The predicted octanol–water partition coefficient (Wildman–Crippen LogP) is 1.84. The van der Waals surface area contributed by atoms with E-state index in [1.54, 1.807) is 12.1 Å². The fourth-order valence-corrected chi connectivity index (χ4v) is 2.43. The van der Waals surface area contributed by atoms with Crippen LogP contribution in [0.2, 0.25) is 0 Å². The summed E-state index contributed by atoms with van der Waals surface area (Å²) in [5.41, 5.74) is 10.7. The molecule has 5 heteroatoms. The SMILES string of the molecule is COC(=O)c1ccc(Cn2nc(C)c(CCN)c2C)cc1. The van der Waals surface area contributed by atoms with E-state index in [0.717, 1.165) is 23.4 Å². The minimum atomic E-state index is -0.321. The third kappa shape index (κ3) is 3.31. The minimum absolute atomic E-state index is 0.321.